The van der Waals surface area contributed by atoms with Crippen LogP contribution in [0.4, 0.5) is 4.79 Å². The number of nitrogens with one attached hydrogen (secondary N) is 3. The van der Waals surface area contributed by atoms with Gasteiger partial charge in [-0.1, -0.05) is 51.8 Å². The lowest BCUT2D eigenvalue weighted by Gasteiger charge is -2.29. The van der Waals surface area contributed by atoms with Crippen LogP contribution in [-0.2, 0) is 24.1 Å². The minimum Gasteiger partial charge on any atom is -0.453 e. The van der Waals surface area contributed by atoms with Crippen LogP contribution in [-0.4, -0.2) is 93.4 Å². The van der Waals surface area contributed by atoms with E-state index in [4.69, 9.17) is 14.6 Å². The summed E-state index contributed by atoms with van der Waals surface area (Å²) in [4.78, 5) is 72.5. The maximum atomic E-state index is 13.6. The molecule has 4 heterocycles. The quantitative estimate of drug-likeness (QED) is 0.0532. The number of amides is 3. The average molecular weight is 873 g/mol. The Bertz CT molecular complexity index is 2060. The monoisotopic (exact) mass is 872 g/mol. The normalized spacial score (nSPS) is 17.0. The zero-order chi connectivity index (χ0) is 38.4. The standard InChI is InChI=1S/C40H48N8O6.4H2S/c1-24(2)34(42-23-54-53-6)38(49)48-20-8-10-33(48)37-44-30-18-16-28(21-31(30)45-37)27-14-11-26(12-15-27)13-17-29-22-41-36(43-29)32-9-7-19-47(32)39(50)35(25(3)4)46-40(51)52-5;;;;/h11-12,14-16,18,21-25,32-35H,7-10,19-20H2,1-6H3,(H,41,43)(H,44,45)(H,46,51);4*1H2/t32-,33-,34-,35-;;;;/m0..../s1. The highest BCUT2D eigenvalue weighted by atomic mass is 32.1. The van der Waals surface area contributed by atoms with Crippen LogP contribution in [0.3, 0.4) is 0 Å². The smallest absolute Gasteiger partial charge is 0.407 e. The molecule has 58 heavy (non-hydrogen) atoms. The Balaban J connectivity index is 0.00000290. The number of aliphatic imine (C=N–C) groups is 1. The number of aromatic nitrogens is 4. The number of carbonyl (C=O) groups excluding carboxylic acids is 3. The summed E-state index contributed by atoms with van der Waals surface area (Å²) in [5.74, 6) is 7.48. The van der Waals surface area contributed by atoms with Crippen LogP contribution in [0.25, 0.3) is 22.2 Å². The fraction of sp³-hybridized carbons (Fsp3) is 0.450. The summed E-state index contributed by atoms with van der Waals surface area (Å²) in [5, 5.41) is 2.68. The third kappa shape index (κ3) is 11.5. The van der Waals surface area contributed by atoms with Crippen molar-refractivity contribution in [2.24, 2.45) is 16.8 Å². The van der Waals surface area contributed by atoms with Crippen molar-refractivity contribution in [2.45, 2.75) is 77.5 Å². The van der Waals surface area contributed by atoms with Gasteiger partial charge in [-0.05, 0) is 78.8 Å². The van der Waals surface area contributed by atoms with Gasteiger partial charge >= 0.3 is 6.09 Å². The van der Waals surface area contributed by atoms with E-state index < -0.39 is 18.2 Å². The molecule has 0 spiro atoms. The second kappa shape index (κ2) is 22.8. The van der Waals surface area contributed by atoms with Gasteiger partial charge in [0.15, 0.2) is 0 Å². The molecule has 2 aromatic heterocycles. The number of alkyl carbamates (subject to hydrolysis) is 1. The van der Waals surface area contributed by atoms with E-state index in [1.54, 1.807) is 11.1 Å². The molecule has 0 unspecified atom stereocenters. The largest absolute Gasteiger partial charge is 0.453 e. The number of imidazole rings is 2. The molecule has 2 aromatic carbocycles. The van der Waals surface area contributed by atoms with E-state index in [2.05, 4.69) is 48.1 Å². The zero-order valence-electron chi connectivity index (χ0n) is 33.6. The van der Waals surface area contributed by atoms with E-state index in [0.717, 1.165) is 59.2 Å². The van der Waals surface area contributed by atoms with Crippen LogP contribution in [0.1, 0.15) is 88.4 Å². The molecule has 4 aromatic rings. The number of carbonyl (C=O) groups is 3. The van der Waals surface area contributed by atoms with Crippen molar-refractivity contribution in [2.75, 3.05) is 27.3 Å². The molecule has 0 radical (unpaired) electrons. The molecular weight excluding hydrogens is 817 g/mol. The first-order valence-electron chi connectivity index (χ1n) is 18.4. The molecule has 3 amide bonds. The van der Waals surface area contributed by atoms with Crippen LogP contribution in [0.5, 0.6) is 0 Å². The first-order valence-corrected chi connectivity index (χ1v) is 18.4. The lowest BCUT2D eigenvalue weighted by molar-refractivity contribution is -0.188. The van der Waals surface area contributed by atoms with E-state index >= 15 is 0 Å². The number of H-pyrrole nitrogens is 2. The Morgan fingerprint density at radius 3 is 2.10 bits per heavy atom. The van der Waals surface area contributed by atoms with Crippen molar-refractivity contribution >= 4 is 89.3 Å². The molecule has 0 bridgehead atoms. The van der Waals surface area contributed by atoms with Crippen LogP contribution in [0.15, 0.2) is 53.7 Å². The van der Waals surface area contributed by atoms with Crippen molar-refractivity contribution in [3.63, 3.8) is 0 Å². The number of nitrogens with zero attached hydrogens (tertiary/aromatic N) is 5. The van der Waals surface area contributed by atoms with Crippen molar-refractivity contribution in [1.82, 2.24) is 35.1 Å². The summed E-state index contributed by atoms with van der Waals surface area (Å²) in [6.45, 7) is 8.93. The fourth-order valence-electron chi connectivity index (χ4n) is 7.15. The predicted molar refractivity (Wildman–Crippen MR) is 244 cm³/mol. The number of ether oxygens (including phenoxy) is 1. The maximum Gasteiger partial charge on any atom is 0.407 e. The summed E-state index contributed by atoms with van der Waals surface area (Å²) in [7, 11) is 2.67. The van der Waals surface area contributed by atoms with Crippen LogP contribution in [0.2, 0.25) is 0 Å². The molecule has 2 aliphatic heterocycles. The number of methoxy groups -OCH3 is 1. The molecule has 2 aliphatic rings. The van der Waals surface area contributed by atoms with Gasteiger partial charge in [0, 0.05) is 18.7 Å². The van der Waals surface area contributed by atoms with Crippen LogP contribution < -0.4 is 5.32 Å². The van der Waals surface area contributed by atoms with Crippen LogP contribution in [0, 0.1) is 23.7 Å². The van der Waals surface area contributed by atoms with Gasteiger partial charge in [-0.25, -0.2) is 19.8 Å². The second-order valence-electron chi connectivity index (χ2n) is 14.3. The number of benzene rings is 2. The van der Waals surface area contributed by atoms with Gasteiger partial charge in [0.2, 0.25) is 18.2 Å². The third-order valence-electron chi connectivity index (χ3n) is 10.00. The minimum absolute atomic E-state index is 0. The Labute approximate surface area is 367 Å². The molecule has 0 saturated carbocycles. The molecule has 6 rings (SSSR count). The van der Waals surface area contributed by atoms with Gasteiger partial charge < -0.3 is 34.7 Å². The van der Waals surface area contributed by atoms with Gasteiger partial charge in [-0.3, -0.25) is 9.59 Å². The van der Waals surface area contributed by atoms with Crippen molar-refractivity contribution in [3.05, 3.63) is 71.6 Å². The maximum absolute atomic E-state index is 13.6. The van der Waals surface area contributed by atoms with E-state index in [1.165, 1.54) is 20.6 Å². The summed E-state index contributed by atoms with van der Waals surface area (Å²) < 4.78 is 4.74. The molecule has 0 aliphatic carbocycles. The first kappa shape index (κ1) is 49.9. The van der Waals surface area contributed by atoms with Gasteiger partial charge in [0.1, 0.15) is 29.4 Å². The highest BCUT2D eigenvalue weighted by molar-refractivity contribution is 7.59. The van der Waals surface area contributed by atoms with E-state index in [1.807, 2.05) is 69.0 Å². The molecular formula is C40H56N8O6S4. The second-order valence-corrected chi connectivity index (χ2v) is 14.3. The molecule has 2 saturated heterocycles. The number of fused-ring (bicyclic) bond motifs is 1. The van der Waals surface area contributed by atoms with Gasteiger partial charge in [-0.15, -0.1) is 0 Å². The van der Waals surface area contributed by atoms with Gasteiger partial charge in [0.05, 0.1) is 43.5 Å². The zero-order valence-corrected chi connectivity index (χ0v) is 37.6. The number of aromatic amines is 2. The lowest BCUT2D eigenvalue weighted by atomic mass is 10.0. The SMILES string of the molecule is COOC=N[C@H](C(=O)N1CCC[C@H]1c1nc2ccc(-c3ccc(C#Cc4cnc([C@@H]5CCCN5C(=O)[C@@H](NC(=O)OC)C(C)C)[nH]4)cc3)cc2[nH]1)C(C)C.S.S.S.S. The first-order chi connectivity index (χ1) is 26.1. The fourth-order valence-corrected chi connectivity index (χ4v) is 7.15. The topological polar surface area (TPSA) is 167 Å². The molecule has 4 atom stereocenters. The number of rotatable bonds is 11. The summed E-state index contributed by atoms with van der Waals surface area (Å²) >= 11 is 0. The number of hydrogen-bond acceptors (Lipinski definition) is 9. The van der Waals surface area contributed by atoms with E-state index in [0.29, 0.717) is 24.6 Å². The summed E-state index contributed by atoms with van der Waals surface area (Å²) in [6.07, 6.45) is 5.54. The van der Waals surface area contributed by atoms with E-state index in [9.17, 15) is 14.4 Å². The highest BCUT2D eigenvalue weighted by Crippen LogP contribution is 2.34. The Hall–Kier alpha value is -4.28. The molecule has 2 fully saturated rings. The Kier molecular flexibility index (Phi) is 19.6. The average Bonchev–Trinajstić information content (AvgIpc) is 4.00. The number of likely N-dealkylation sites (tertiary alicyclic amines) is 2. The Morgan fingerprint density at radius 2 is 1.48 bits per heavy atom. The molecule has 14 nitrogen and oxygen atoms in total. The summed E-state index contributed by atoms with van der Waals surface area (Å²) in [6, 6.07) is 12.5. The van der Waals surface area contributed by atoms with E-state index in [-0.39, 0.29) is 89.7 Å². The third-order valence-corrected chi connectivity index (χ3v) is 10.00. The predicted octanol–water partition coefficient (Wildman–Crippen LogP) is 6.14. The lowest BCUT2D eigenvalue weighted by Crippen LogP contribution is -2.51. The molecule has 3 N–H and O–H groups in total. The highest BCUT2D eigenvalue weighted by Gasteiger charge is 2.38. The van der Waals surface area contributed by atoms with Crippen molar-refractivity contribution in [1.29, 1.82) is 0 Å². The molecule has 18 heteroatoms. The summed E-state index contributed by atoms with van der Waals surface area (Å²) in [5.41, 5.74) is 5.29. The van der Waals surface area contributed by atoms with Crippen molar-refractivity contribution < 1.29 is 28.9 Å². The van der Waals surface area contributed by atoms with Gasteiger partial charge in [-0.2, -0.15) is 58.9 Å². The molecule has 316 valence electrons. The van der Waals surface area contributed by atoms with Gasteiger partial charge in [0.25, 0.3) is 0 Å². The minimum atomic E-state index is -0.694. The van der Waals surface area contributed by atoms with Crippen LogP contribution >= 0.6 is 54.0 Å². The Morgan fingerprint density at radius 1 is 0.845 bits per heavy atom. The van der Waals surface area contributed by atoms with Crippen molar-refractivity contribution in [3.8, 4) is 23.0 Å². The number of hydrogen-bond donors (Lipinski definition) is 3.